The molecular formula is C18H27N3O3S. The predicted octanol–water partition coefficient (Wildman–Crippen LogP) is 1.99. The highest BCUT2D eigenvalue weighted by atomic mass is 32.1. The molecule has 25 heavy (non-hydrogen) atoms. The Kier molecular flexibility index (Phi) is 6.09. The minimum Gasteiger partial charge on any atom is -0.462 e. The van der Waals surface area contributed by atoms with Crippen LogP contribution in [-0.2, 0) is 22.4 Å². The third-order valence-electron chi connectivity index (χ3n) is 4.87. The van der Waals surface area contributed by atoms with Gasteiger partial charge in [-0.25, -0.2) is 4.79 Å². The van der Waals surface area contributed by atoms with Crippen LogP contribution in [0.1, 0.15) is 40.6 Å². The van der Waals surface area contributed by atoms with Gasteiger partial charge in [0.2, 0.25) is 5.91 Å². The zero-order valence-electron chi connectivity index (χ0n) is 15.1. The van der Waals surface area contributed by atoms with Crippen LogP contribution in [0, 0.1) is 0 Å². The number of fused-ring (bicyclic) bond motifs is 1. The first-order valence-corrected chi connectivity index (χ1v) is 9.92. The second kappa shape index (κ2) is 8.29. The van der Waals surface area contributed by atoms with Crippen molar-refractivity contribution in [2.75, 3.05) is 51.7 Å². The van der Waals surface area contributed by atoms with E-state index in [2.05, 4.69) is 22.2 Å². The number of carbonyl (C=O) groups excluding carboxylic acids is 2. The molecule has 1 amide bonds. The Bertz CT molecular complexity index is 636. The summed E-state index contributed by atoms with van der Waals surface area (Å²) in [4.78, 5) is 30.6. The van der Waals surface area contributed by atoms with Crippen LogP contribution >= 0.6 is 11.3 Å². The van der Waals surface area contributed by atoms with Crippen LogP contribution < -0.4 is 5.32 Å². The van der Waals surface area contributed by atoms with Crippen LogP contribution in [0.3, 0.4) is 0 Å². The Morgan fingerprint density at radius 3 is 2.60 bits per heavy atom. The Morgan fingerprint density at radius 1 is 1.16 bits per heavy atom. The fourth-order valence-corrected chi connectivity index (χ4v) is 4.74. The van der Waals surface area contributed by atoms with Gasteiger partial charge < -0.3 is 15.0 Å². The van der Waals surface area contributed by atoms with Crippen molar-refractivity contribution in [3.63, 3.8) is 0 Å². The third kappa shape index (κ3) is 4.40. The first-order valence-electron chi connectivity index (χ1n) is 9.11. The predicted molar refractivity (Wildman–Crippen MR) is 99.5 cm³/mol. The minimum absolute atomic E-state index is 0.0475. The van der Waals surface area contributed by atoms with E-state index < -0.39 is 0 Å². The van der Waals surface area contributed by atoms with Gasteiger partial charge in [-0.2, -0.15) is 0 Å². The molecule has 0 atom stereocenters. The van der Waals surface area contributed by atoms with E-state index in [1.54, 1.807) is 11.3 Å². The molecule has 1 aliphatic carbocycles. The van der Waals surface area contributed by atoms with Gasteiger partial charge in [0.1, 0.15) is 5.00 Å². The summed E-state index contributed by atoms with van der Waals surface area (Å²) in [5.41, 5.74) is 1.68. The van der Waals surface area contributed by atoms with Gasteiger partial charge in [0.15, 0.2) is 0 Å². The van der Waals surface area contributed by atoms with E-state index in [0.717, 1.165) is 57.4 Å². The Labute approximate surface area is 153 Å². The van der Waals surface area contributed by atoms with Gasteiger partial charge >= 0.3 is 5.97 Å². The highest BCUT2D eigenvalue weighted by Crippen LogP contribution is 2.38. The maximum absolute atomic E-state index is 12.5. The molecule has 6 nitrogen and oxygen atoms in total. The lowest BCUT2D eigenvalue weighted by molar-refractivity contribution is -0.117. The Hall–Kier alpha value is -1.44. The van der Waals surface area contributed by atoms with Crippen LogP contribution in [0.5, 0.6) is 0 Å². The SMILES string of the molecule is CCOC(=O)c1c(NC(=O)CN2CCN(C)CC2)sc2c1CCCC2. The minimum atomic E-state index is -0.309. The molecule has 2 heterocycles. The van der Waals surface area contributed by atoms with E-state index in [4.69, 9.17) is 4.74 Å². The normalized spacial score (nSPS) is 18.6. The van der Waals surface area contributed by atoms with Crippen LogP contribution in [0.4, 0.5) is 5.00 Å². The molecule has 0 bridgehead atoms. The molecule has 1 aromatic heterocycles. The molecular weight excluding hydrogens is 338 g/mol. The van der Waals surface area contributed by atoms with Crippen molar-refractivity contribution in [1.82, 2.24) is 9.80 Å². The largest absolute Gasteiger partial charge is 0.462 e. The Morgan fingerprint density at radius 2 is 1.88 bits per heavy atom. The number of aryl methyl sites for hydroxylation is 1. The van der Waals surface area contributed by atoms with Crippen molar-refractivity contribution in [1.29, 1.82) is 0 Å². The van der Waals surface area contributed by atoms with Gasteiger partial charge in [0.25, 0.3) is 0 Å². The summed E-state index contributed by atoms with van der Waals surface area (Å²) in [5, 5.41) is 3.66. The lowest BCUT2D eigenvalue weighted by Gasteiger charge is -2.31. The van der Waals surface area contributed by atoms with Crippen molar-refractivity contribution < 1.29 is 14.3 Å². The van der Waals surface area contributed by atoms with E-state index in [0.29, 0.717) is 23.7 Å². The molecule has 1 saturated heterocycles. The second-order valence-corrected chi connectivity index (χ2v) is 7.87. The fourth-order valence-electron chi connectivity index (χ4n) is 3.45. The summed E-state index contributed by atoms with van der Waals surface area (Å²) < 4.78 is 5.24. The molecule has 2 aliphatic rings. The molecule has 0 aromatic carbocycles. The molecule has 138 valence electrons. The molecule has 3 rings (SSSR count). The number of ether oxygens (including phenoxy) is 1. The van der Waals surface area contributed by atoms with Crippen LogP contribution in [0.2, 0.25) is 0 Å². The standard InChI is InChI=1S/C18H27N3O3S/c1-3-24-18(23)16-13-6-4-5-7-14(13)25-17(16)19-15(22)12-21-10-8-20(2)9-11-21/h3-12H2,1-2H3,(H,19,22). The van der Waals surface area contributed by atoms with Crippen molar-refractivity contribution in [3.8, 4) is 0 Å². The number of rotatable bonds is 5. The van der Waals surface area contributed by atoms with E-state index in [1.807, 2.05) is 6.92 Å². The van der Waals surface area contributed by atoms with E-state index >= 15 is 0 Å². The average molecular weight is 365 g/mol. The van der Waals surface area contributed by atoms with Crippen LogP contribution in [0.15, 0.2) is 0 Å². The zero-order valence-corrected chi connectivity index (χ0v) is 15.9. The van der Waals surface area contributed by atoms with Crippen molar-refractivity contribution >= 4 is 28.2 Å². The third-order valence-corrected chi connectivity index (χ3v) is 6.07. The molecule has 0 spiro atoms. The molecule has 1 aromatic rings. The summed E-state index contributed by atoms with van der Waals surface area (Å²) in [6.07, 6.45) is 4.12. The number of anilines is 1. The van der Waals surface area contributed by atoms with Crippen molar-refractivity contribution in [2.24, 2.45) is 0 Å². The van der Waals surface area contributed by atoms with Gasteiger partial charge in [-0.1, -0.05) is 0 Å². The number of esters is 1. The number of likely N-dealkylation sites (N-methyl/N-ethyl adjacent to an activating group) is 1. The van der Waals surface area contributed by atoms with Crippen LogP contribution in [-0.4, -0.2) is 68.1 Å². The lowest BCUT2D eigenvalue weighted by atomic mass is 9.95. The summed E-state index contributed by atoms with van der Waals surface area (Å²) in [6.45, 7) is 6.29. The Balaban J connectivity index is 1.71. The highest BCUT2D eigenvalue weighted by molar-refractivity contribution is 7.17. The van der Waals surface area contributed by atoms with Gasteiger partial charge in [0, 0.05) is 31.1 Å². The lowest BCUT2D eigenvalue weighted by Crippen LogP contribution is -2.47. The van der Waals surface area contributed by atoms with Crippen molar-refractivity contribution in [3.05, 3.63) is 16.0 Å². The number of carbonyl (C=O) groups is 2. The number of nitrogens with zero attached hydrogens (tertiary/aromatic N) is 2. The van der Waals surface area contributed by atoms with E-state index in [-0.39, 0.29) is 11.9 Å². The summed E-state index contributed by atoms with van der Waals surface area (Å²) >= 11 is 1.55. The number of thiophene rings is 1. The van der Waals surface area contributed by atoms with Gasteiger partial charge in [0.05, 0.1) is 18.7 Å². The maximum atomic E-state index is 12.5. The molecule has 7 heteroatoms. The van der Waals surface area contributed by atoms with Crippen LogP contribution in [0.25, 0.3) is 0 Å². The number of nitrogens with one attached hydrogen (secondary N) is 1. The smallest absolute Gasteiger partial charge is 0.341 e. The maximum Gasteiger partial charge on any atom is 0.341 e. The zero-order chi connectivity index (χ0) is 17.8. The summed E-state index contributed by atoms with van der Waals surface area (Å²) in [6, 6.07) is 0. The monoisotopic (exact) mass is 365 g/mol. The second-order valence-electron chi connectivity index (χ2n) is 6.76. The molecule has 0 radical (unpaired) electrons. The summed E-state index contributed by atoms with van der Waals surface area (Å²) in [5.74, 6) is -0.356. The fraction of sp³-hybridized carbons (Fsp3) is 0.667. The van der Waals surface area contributed by atoms with E-state index in [9.17, 15) is 9.59 Å². The summed E-state index contributed by atoms with van der Waals surface area (Å²) in [7, 11) is 2.10. The van der Waals surface area contributed by atoms with Crippen molar-refractivity contribution in [2.45, 2.75) is 32.6 Å². The van der Waals surface area contributed by atoms with Gasteiger partial charge in [-0.3, -0.25) is 9.69 Å². The number of hydrogen-bond acceptors (Lipinski definition) is 6. The van der Waals surface area contributed by atoms with Gasteiger partial charge in [-0.05, 0) is 45.2 Å². The molecule has 1 fully saturated rings. The number of piperazine rings is 1. The molecule has 0 saturated carbocycles. The average Bonchev–Trinajstić information content (AvgIpc) is 2.95. The van der Waals surface area contributed by atoms with Gasteiger partial charge in [-0.15, -0.1) is 11.3 Å². The molecule has 1 N–H and O–H groups in total. The van der Waals surface area contributed by atoms with E-state index in [1.165, 1.54) is 4.88 Å². The quantitative estimate of drug-likeness (QED) is 0.809. The number of hydrogen-bond donors (Lipinski definition) is 1. The topological polar surface area (TPSA) is 61.9 Å². The molecule has 0 unspecified atom stereocenters. The molecule has 1 aliphatic heterocycles. The first-order chi connectivity index (χ1) is 12.1. The number of amides is 1. The first kappa shape index (κ1) is 18.4. The highest BCUT2D eigenvalue weighted by Gasteiger charge is 2.27.